The molecule has 0 bridgehead atoms. The molecule has 0 amide bonds. The monoisotopic (exact) mass is 397 g/mol. The van der Waals surface area contributed by atoms with Gasteiger partial charge in [-0.1, -0.05) is 23.7 Å². The molecule has 7 nitrogen and oxygen atoms in total. The van der Waals surface area contributed by atoms with E-state index in [1.54, 1.807) is 24.3 Å². The molecule has 140 valence electrons. The van der Waals surface area contributed by atoms with Crippen molar-refractivity contribution in [3.8, 4) is 11.8 Å². The van der Waals surface area contributed by atoms with Crippen LogP contribution in [0.3, 0.4) is 0 Å². The van der Waals surface area contributed by atoms with Crippen LogP contribution in [0.1, 0.15) is 19.8 Å². The molecule has 9 heteroatoms. The molecule has 1 aliphatic rings. The van der Waals surface area contributed by atoms with Crippen molar-refractivity contribution in [3.05, 3.63) is 41.7 Å². The summed E-state index contributed by atoms with van der Waals surface area (Å²) in [6.07, 6.45) is 3.98. The molecule has 3 rings (SSSR count). The van der Waals surface area contributed by atoms with Gasteiger partial charge in [-0.15, -0.1) is 0 Å². The summed E-state index contributed by atoms with van der Waals surface area (Å²) in [5.74, 6) is 0.360. The van der Waals surface area contributed by atoms with Gasteiger partial charge in [0.1, 0.15) is 16.7 Å². The predicted octanol–water partition coefficient (Wildman–Crippen LogP) is 2.76. The molecule has 1 unspecified atom stereocenters. The van der Waals surface area contributed by atoms with E-state index in [2.05, 4.69) is 9.97 Å². The lowest BCUT2D eigenvalue weighted by Gasteiger charge is -2.31. The Morgan fingerprint density at radius 2 is 2.00 bits per heavy atom. The molecule has 1 aromatic carbocycles. The second-order valence-corrected chi connectivity index (χ2v) is 8.15. The van der Waals surface area contributed by atoms with Gasteiger partial charge in [-0.2, -0.15) is 4.31 Å². The van der Waals surface area contributed by atoms with Gasteiger partial charge in [-0.25, -0.2) is 18.4 Å². The molecule has 2 heterocycles. The van der Waals surface area contributed by atoms with E-state index in [-0.39, 0.29) is 23.6 Å². The highest BCUT2D eigenvalue weighted by atomic mass is 35.5. The smallest absolute Gasteiger partial charge is 0.316 e. The van der Waals surface area contributed by atoms with Gasteiger partial charge in [0.2, 0.25) is 10.0 Å². The number of nitrogens with zero attached hydrogens (tertiary/aromatic N) is 3. The summed E-state index contributed by atoms with van der Waals surface area (Å²) in [6.45, 7) is 2.88. The van der Waals surface area contributed by atoms with E-state index in [0.29, 0.717) is 30.3 Å². The Hall–Kier alpha value is -1.90. The number of hydrogen-bond donors (Lipinski definition) is 0. The number of para-hydroxylation sites is 1. The van der Waals surface area contributed by atoms with Crippen LogP contribution in [0.15, 0.2) is 41.6 Å². The first-order valence-corrected chi connectivity index (χ1v) is 10.2. The van der Waals surface area contributed by atoms with Crippen molar-refractivity contribution in [1.82, 2.24) is 14.3 Å². The maximum Gasteiger partial charge on any atom is 0.316 e. The van der Waals surface area contributed by atoms with E-state index in [4.69, 9.17) is 21.1 Å². The van der Waals surface area contributed by atoms with Crippen LogP contribution < -0.4 is 9.47 Å². The average Bonchev–Trinajstić information content (AvgIpc) is 2.64. The van der Waals surface area contributed by atoms with Crippen LogP contribution in [-0.4, -0.2) is 48.5 Å². The minimum Gasteiger partial charge on any atom is -0.492 e. The number of aromatic nitrogens is 2. The van der Waals surface area contributed by atoms with Gasteiger partial charge in [0.15, 0.2) is 0 Å². The van der Waals surface area contributed by atoms with Crippen molar-refractivity contribution in [3.63, 3.8) is 0 Å². The van der Waals surface area contributed by atoms with Gasteiger partial charge in [0, 0.05) is 6.54 Å². The Labute approximate surface area is 158 Å². The highest BCUT2D eigenvalue weighted by molar-refractivity contribution is 7.89. The number of piperidine rings is 1. The van der Waals surface area contributed by atoms with Crippen molar-refractivity contribution in [2.24, 2.45) is 0 Å². The summed E-state index contributed by atoms with van der Waals surface area (Å²) in [7, 11) is -3.68. The van der Waals surface area contributed by atoms with Crippen molar-refractivity contribution < 1.29 is 17.9 Å². The Morgan fingerprint density at radius 1 is 1.27 bits per heavy atom. The third kappa shape index (κ3) is 4.25. The van der Waals surface area contributed by atoms with Crippen LogP contribution in [0, 0.1) is 0 Å². The molecular formula is C17H20ClN3O4S. The summed E-state index contributed by atoms with van der Waals surface area (Å²) in [5.41, 5.74) is 0. The van der Waals surface area contributed by atoms with Crippen molar-refractivity contribution in [1.29, 1.82) is 0 Å². The lowest BCUT2D eigenvalue weighted by atomic mass is 10.1. The third-order valence-electron chi connectivity index (χ3n) is 3.98. The van der Waals surface area contributed by atoms with Crippen LogP contribution in [-0.2, 0) is 10.0 Å². The van der Waals surface area contributed by atoms with Gasteiger partial charge in [0.25, 0.3) is 0 Å². The number of sulfonamides is 1. The predicted molar refractivity (Wildman–Crippen MR) is 97.1 cm³/mol. The first-order valence-electron chi connectivity index (χ1n) is 8.37. The number of benzene rings is 1. The molecular weight excluding hydrogens is 378 g/mol. The molecule has 0 N–H and O–H groups in total. The van der Waals surface area contributed by atoms with Gasteiger partial charge in [-0.05, 0) is 31.9 Å². The van der Waals surface area contributed by atoms with Crippen LogP contribution in [0.25, 0.3) is 0 Å². The highest BCUT2D eigenvalue weighted by Crippen LogP contribution is 2.29. The first-order chi connectivity index (χ1) is 12.5. The summed E-state index contributed by atoms with van der Waals surface area (Å²) >= 11 is 5.77. The van der Waals surface area contributed by atoms with E-state index in [0.717, 1.165) is 6.42 Å². The van der Waals surface area contributed by atoms with Crippen LogP contribution in [0.4, 0.5) is 0 Å². The fourth-order valence-electron chi connectivity index (χ4n) is 2.81. The number of rotatable bonds is 6. The van der Waals surface area contributed by atoms with Gasteiger partial charge < -0.3 is 9.47 Å². The van der Waals surface area contributed by atoms with Crippen LogP contribution in [0.5, 0.6) is 11.8 Å². The molecule has 1 aromatic heterocycles. The van der Waals surface area contributed by atoms with Crippen molar-refractivity contribution in [2.45, 2.75) is 30.8 Å². The fourth-order valence-corrected chi connectivity index (χ4v) is 4.55. The molecule has 0 radical (unpaired) electrons. The Balaban J connectivity index is 1.77. The summed E-state index contributed by atoms with van der Waals surface area (Å²) in [5, 5.41) is 0.415. The number of halogens is 1. The lowest BCUT2D eigenvalue weighted by molar-refractivity contribution is 0.119. The maximum absolute atomic E-state index is 13.1. The Morgan fingerprint density at radius 3 is 2.73 bits per heavy atom. The molecule has 2 aromatic rings. The minimum atomic E-state index is -3.68. The van der Waals surface area contributed by atoms with E-state index in [9.17, 15) is 8.42 Å². The van der Waals surface area contributed by atoms with Crippen molar-refractivity contribution >= 4 is 21.6 Å². The van der Waals surface area contributed by atoms with Crippen molar-refractivity contribution in [2.75, 3.05) is 19.7 Å². The Bertz CT molecular complexity index is 845. The van der Waals surface area contributed by atoms with Gasteiger partial charge in [0.05, 0.1) is 30.6 Å². The summed E-state index contributed by atoms with van der Waals surface area (Å²) < 4.78 is 38.8. The molecule has 1 aliphatic heterocycles. The molecule has 1 saturated heterocycles. The second-order valence-electron chi connectivity index (χ2n) is 5.81. The van der Waals surface area contributed by atoms with Gasteiger partial charge in [-0.3, -0.25) is 0 Å². The van der Waals surface area contributed by atoms with E-state index in [1.165, 1.54) is 16.7 Å². The van der Waals surface area contributed by atoms with Crippen LogP contribution >= 0.6 is 11.6 Å². The van der Waals surface area contributed by atoms with Gasteiger partial charge >= 0.3 is 6.01 Å². The quantitative estimate of drug-likeness (QED) is 0.745. The molecule has 0 saturated carbocycles. The molecule has 1 atom stereocenters. The average molecular weight is 398 g/mol. The normalized spacial score (nSPS) is 18.5. The SMILES string of the molecule is CCOc1ccccc1S(=O)(=O)N1CCCC(Oc2ncc(Cl)cn2)C1. The zero-order valence-corrected chi connectivity index (χ0v) is 15.9. The number of hydrogen-bond acceptors (Lipinski definition) is 6. The molecule has 1 fully saturated rings. The Kier molecular flexibility index (Phi) is 5.95. The fraction of sp³-hybridized carbons (Fsp3) is 0.412. The highest BCUT2D eigenvalue weighted by Gasteiger charge is 2.33. The van der Waals surface area contributed by atoms with Crippen LogP contribution in [0.2, 0.25) is 5.02 Å². The van der Waals surface area contributed by atoms with E-state index < -0.39 is 10.0 Å². The topological polar surface area (TPSA) is 81.6 Å². The third-order valence-corrected chi connectivity index (χ3v) is 6.08. The van der Waals surface area contributed by atoms with E-state index >= 15 is 0 Å². The summed E-state index contributed by atoms with van der Waals surface area (Å²) in [4.78, 5) is 8.18. The zero-order valence-electron chi connectivity index (χ0n) is 14.3. The first kappa shape index (κ1) is 18.9. The molecule has 0 aliphatic carbocycles. The minimum absolute atomic E-state index is 0.172. The standard InChI is InChI=1S/C17H20ClN3O4S/c1-2-24-15-7-3-4-8-16(15)26(22,23)21-9-5-6-14(12-21)25-17-19-10-13(18)11-20-17/h3-4,7-8,10-11,14H,2,5-6,9,12H2,1H3. The molecule has 26 heavy (non-hydrogen) atoms. The zero-order chi connectivity index (χ0) is 18.6. The van der Waals surface area contributed by atoms with E-state index in [1.807, 2.05) is 6.92 Å². The lowest BCUT2D eigenvalue weighted by Crippen LogP contribution is -2.44. The maximum atomic E-state index is 13.1. The molecule has 0 spiro atoms. The second kappa shape index (κ2) is 8.20. The number of ether oxygens (including phenoxy) is 2. The largest absolute Gasteiger partial charge is 0.492 e. The summed E-state index contributed by atoms with van der Waals surface area (Å²) in [6, 6.07) is 6.86.